The maximum absolute atomic E-state index is 12.1. The fraction of sp³-hybridized carbons (Fsp3) is 0.158. The number of imide groups is 1. The first kappa shape index (κ1) is 18.1. The van der Waals surface area contributed by atoms with Crippen molar-refractivity contribution in [1.82, 2.24) is 24.3 Å². The second-order valence-electron chi connectivity index (χ2n) is 6.02. The molecule has 0 spiro atoms. The summed E-state index contributed by atoms with van der Waals surface area (Å²) in [5, 5.41) is 1.49. The number of hydrogen-bond donors (Lipinski definition) is 0. The number of fused-ring (bicyclic) bond motifs is 3. The lowest BCUT2D eigenvalue weighted by Crippen LogP contribution is -2.35. The zero-order chi connectivity index (χ0) is 19.8. The average Bonchev–Trinajstić information content (AvgIpc) is 3.02. The van der Waals surface area contributed by atoms with Crippen LogP contribution < -0.4 is 4.90 Å². The topological polar surface area (TPSA) is 93.3 Å². The molecule has 0 N–H and O–H groups in total. The van der Waals surface area contributed by atoms with Gasteiger partial charge in [-0.15, -0.1) is 0 Å². The maximum Gasteiger partial charge on any atom is 0.233 e. The molecule has 4 aromatic rings. The van der Waals surface area contributed by atoms with Gasteiger partial charge in [-0.25, -0.2) is 24.8 Å². The first-order valence-corrected chi connectivity index (χ1v) is 9.68. The molecule has 4 heterocycles. The summed E-state index contributed by atoms with van der Waals surface area (Å²) in [6.45, 7) is 2.66. The van der Waals surface area contributed by atoms with Gasteiger partial charge in [0.05, 0.1) is 11.2 Å². The fourth-order valence-electron chi connectivity index (χ4n) is 3.24. The van der Waals surface area contributed by atoms with Crippen LogP contribution in [0.5, 0.6) is 0 Å². The van der Waals surface area contributed by atoms with Crippen LogP contribution in [0, 0.1) is 0 Å². The smallest absolute Gasteiger partial charge is 0.233 e. The number of thioether (sulfide) groups is 1. The van der Waals surface area contributed by atoms with Crippen LogP contribution in [0.1, 0.15) is 13.8 Å². The summed E-state index contributed by atoms with van der Waals surface area (Å²) in [6.07, 6.45) is 6.85. The minimum atomic E-state index is -0.418. The number of nitrogens with zero attached hydrogens (tertiary/aromatic N) is 6. The Morgan fingerprint density at radius 1 is 1.00 bits per heavy atom. The van der Waals surface area contributed by atoms with Gasteiger partial charge in [-0.1, -0.05) is 11.8 Å². The molecular weight excluding hydrogens is 376 g/mol. The Kier molecular flexibility index (Phi) is 4.52. The predicted molar refractivity (Wildman–Crippen MR) is 107 cm³/mol. The van der Waals surface area contributed by atoms with Gasteiger partial charge in [-0.05, 0) is 30.5 Å². The van der Waals surface area contributed by atoms with Crippen LogP contribution in [0.2, 0.25) is 0 Å². The molecule has 140 valence electrons. The number of amides is 2. The Labute approximate surface area is 164 Å². The Balaban J connectivity index is 2.14. The Morgan fingerprint density at radius 3 is 2.46 bits per heavy atom. The van der Waals surface area contributed by atoms with E-state index in [0.717, 1.165) is 27.1 Å². The van der Waals surface area contributed by atoms with E-state index in [9.17, 15) is 9.59 Å². The van der Waals surface area contributed by atoms with Gasteiger partial charge >= 0.3 is 0 Å². The highest BCUT2D eigenvalue weighted by molar-refractivity contribution is 7.98. The van der Waals surface area contributed by atoms with Crippen molar-refractivity contribution in [1.29, 1.82) is 0 Å². The second kappa shape index (κ2) is 7.01. The second-order valence-corrected chi connectivity index (χ2v) is 6.79. The highest BCUT2D eigenvalue weighted by Crippen LogP contribution is 2.35. The summed E-state index contributed by atoms with van der Waals surface area (Å²) in [6, 6.07) is 7.42. The zero-order valence-corrected chi connectivity index (χ0v) is 16.3. The van der Waals surface area contributed by atoms with Crippen LogP contribution in [0.25, 0.3) is 27.8 Å². The van der Waals surface area contributed by atoms with E-state index < -0.39 is 11.8 Å². The molecule has 9 heteroatoms. The van der Waals surface area contributed by atoms with Gasteiger partial charge in [0.25, 0.3) is 0 Å². The summed E-state index contributed by atoms with van der Waals surface area (Å²) in [4.78, 5) is 43.0. The van der Waals surface area contributed by atoms with Crippen LogP contribution in [0.15, 0.2) is 48.0 Å². The summed E-state index contributed by atoms with van der Waals surface area (Å²) in [5.74, 6) is -0.635. The molecule has 4 rings (SSSR count). The predicted octanol–water partition coefficient (Wildman–Crippen LogP) is 2.96. The van der Waals surface area contributed by atoms with Crippen LogP contribution in [-0.2, 0) is 9.59 Å². The minimum absolute atomic E-state index is 0.201. The third-order valence-electron chi connectivity index (χ3n) is 4.29. The zero-order valence-electron chi connectivity index (χ0n) is 15.4. The first-order chi connectivity index (χ1) is 13.5. The number of carbonyl (C=O) groups is 2. The van der Waals surface area contributed by atoms with Gasteiger partial charge in [-0.2, -0.15) is 0 Å². The van der Waals surface area contributed by atoms with E-state index in [-0.39, 0.29) is 5.95 Å². The molecule has 0 aliphatic carbocycles. The number of rotatable bonds is 3. The summed E-state index contributed by atoms with van der Waals surface area (Å²) in [5.41, 5.74) is 2.91. The van der Waals surface area contributed by atoms with Crippen molar-refractivity contribution < 1.29 is 9.59 Å². The highest BCUT2D eigenvalue weighted by atomic mass is 32.2. The van der Waals surface area contributed by atoms with Crippen molar-refractivity contribution in [3.63, 3.8) is 0 Å². The van der Waals surface area contributed by atoms with Gasteiger partial charge in [0.1, 0.15) is 5.65 Å². The van der Waals surface area contributed by atoms with Crippen molar-refractivity contribution in [2.75, 3.05) is 11.2 Å². The SMILES string of the molecule is CSc1nccc(-c2c3cccnc3n3c(N(C(C)=O)C(C)=O)nccc23)n1. The summed E-state index contributed by atoms with van der Waals surface area (Å²) in [7, 11) is 0. The van der Waals surface area contributed by atoms with E-state index in [4.69, 9.17) is 0 Å². The van der Waals surface area contributed by atoms with Crippen LogP contribution >= 0.6 is 11.8 Å². The molecule has 0 fully saturated rings. The van der Waals surface area contributed by atoms with Crippen molar-refractivity contribution in [2.45, 2.75) is 19.0 Å². The fourth-order valence-corrected chi connectivity index (χ4v) is 3.59. The lowest BCUT2D eigenvalue weighted by Gasteiger charge is -2.17. The van der Waals surface area contributed by atoms with E-state index >= 15 is 0 Å². The molecule has 28 heavy (non-hydrogen) atoms. The molecule has 4 aromatic heterocycles. The molecule has 0 saturated heterocycles. The lowest BCUT2D eigenvalue weighted by molar-refractivity contribution is -0.124. The van der Waals surface area contributed by atoms with E-state index in [1.165, 1.54) is 25.6 Å². The average molecular weight is 392 g/mol. The third kappa shape index (κ3) is 2.80. The van der Waals surface area contributed by atoms with Crippen LogP contribution in [-0.4, -0.2) is 42.4 Å². The van der Waals surface area contributed by atoms with E-state index in [1.807, 2.05) is 30.5 Å². The van der Waals surface area contributed by atoms with Crippen molar-refractivity contribution >= 4 is 46.1 Å². The van der Waals surface area contributed by atoms with Crippen LogP contribution in [0.3, 0.4) is 0 Å². The van der Waals surface area contributed by atoms with E-state index in [2.05, 4.69) is 19.9 Å². The van der Waals surface area contributed by atoms with Gasteiger partial charge < -0.3 is 0 Å². The molecule has 2 amide bonds. The molecule has 8 nitrogen and oxygen atoms in total. The van der Waals surface area contributed by atoms with E-state index in [1.54, 1.807) is 23.0 Å². The summed E-state index contributed by atoms with van der Waals surface area (Å²) < 4.78 is 1.72. The maximum atomic E-state index is 12.1. The van der Waals surface area contributed by atoms with Crippen molar-refractivity contribution in [3.05, 3.63) is 42.9 Å². The quantitative estimate of drug-likeness (QED) is 0.391. The standard InChI is InChI=1S/C19H16N6O2S/c1-11(26)24(12(2)27)19-22-10-7-15-16(14-6-9-21-18(23-14)28-3)13-5-4-8-20-17(13)25(15)19/h4-10H,1-3H3. The van der Waals surface area contributed by atoms with Gasteiger partial charge in [0, 0.05) is 43.4 Å². The van der Waals surface area contributed by atoms with Gasteiger partial charge in [0.15, 0.2) is 5.16 Å². The Bertz CT molecular complexity index is 1220. The Morgan fingerprint density at radius 2 is 1.75 bits per heavy atom. The Hall–Kier alpha value is -3.33. The molecular formula is C19H16N6O2S. The van der Waals surface area contributed by atoms with Gasteiger partial charge in [0.2, 0.25) is 17.8 Å². The monoisotopic (exact) mass is 392 g/mol. The summed E-state index contributed by atoms with van der Waals surface area (Å²) >= 11 is 1.45. The number of carbonyl (C=O) groups excluding carboxylic acids is 2. The minimum Gasteiger partial charge on any atom is -0.274 e. The normalized spacial score (nSPS) is 11.1. The molecule has 0 aliphatic heterocycles. The number of hydrogen-bond acceptors (Lipinski definition) is 7. The van der Waals surface area contributed by atoms with Crippen molar-refractivity contribution in [2.24, 2.45) is 0 Å². The van der Waals surface area contributed by atoms with E-state index in [0.29, 0.717) is 10.8 Å². The molecule has 0 unspecified atom stereocenters. The number of pyridine rings is 1. The number of aromatic nitrogens is 5. The molecule has 0 aromatic carbocycles. The van der Waals surface area contributed by atoms with Crippen molar-refractivity contribution in [3.8, 4) is 11.3 Å². The molecule has 0 atom stereocenters. The number of anilines is 1. The highest BCUT2D eigenvalue weighted by Gasteiger charge is 2.25. The first-order valence-electron chi connectivity index (χ1n) is 8.45. The molecule has 0 radical (unpaired) electrons. The van der Waals surface area contributed by atoms with Gasteiger partial charge in [-0.3, -0.25) is 14.0 Å². The third-order valence-corrected chi connectivity index (χ3v) is 4.85. The molecule has 0 aliphatic rings. The lowest BCUT2D eigenvalue weighted by atomic mass is 10.1. The largest absolute Gasteiger partial charge is 0.274 e. The molecule has 0 bridgehead atoms. The van der Waals surface area contributed by atoms with Crippen LogP contribution in [0.4, 0.5) is 5.95 Å². The molecule has 0 saturated carbocycles.